The van der Waals surface area contributed by atoms with E-state index in [2.05, 4.69) is 23.9 Å². The molecule has 3 heteroatoms. The molecule has 19 heavy (non-hydrogen) atoms. The monoisotopic (exact) mass is 268 g/mol. The van der Waals surface area contributed by atoms with E-state index in [-0.39, 0.29) is 6.10 Å². The van der Waals surface area contributed by atoms with Crippen LogP contribution in [-0.2, 0) is 0 Å². The number of aliphatic hydroxyl groups excluding tert-OH is 1. The second-order valence-electron chi connectivity index (χ2n) is 6.93. The SMILES string of the molecule is CN1CCC(CN(C)CC(O)C2CCCCC2)CC1. The fraction of sp³-hybridized carbons (Fsp3) is 1.00. The maximum Gasteiger partial charge on any atom is 0.0695 e. The molecular formula is C16H32N2O. The Morgan fingerprint density at radius 1 is 1.11 bits per heavy atom. The van der Waals surface area contributed by atoms with Crippen molar-refractivity contribution >= 4 is 0 Å². The Kier molecular flexibility index (Phi) is 6.11. The van der Waals surface area contributed by atoms with E-state index in [1.807, 2.05) is 0 Å². The highest BCUT2D eigenvalue weighted by Crippen LogP contribution is 2.27. The standard InChI is InChI=1S/C16H32N2O/c1-17-10-8-14(9-11-17)12-18(2)13-16(19)15-6-4-3-5-7-15/h14-16,19H,3-13H2,1-2H3. The maximum absolute atomic E-state index is 10.4. The van der Waals surface area contributed by atoms with Gasteiger partial charge in [0, 0.05) is 13.1 Å². The molecule has 0 aromatic rings. The van der Waals surface area contributed by atoms with E-state index in [0.29, 0.717) is 5.92 Å². The van der Waals surface area contributed by atoms with Gasteiger partial charge in [0.1, 0.15) is 0 Å². The van der Waals surface area contributed by atoms with Crippen LogP contribution < -0.4 is 0 Å². The number of rotatable bonds is 5. The molecule has 3 nitrogen and oxygen atoms in total. The van der Waals surface area contributed by atoms with Gasteiger partial charge in [-0.2, -0.15) is 0 Å². The first-order chi connectivity index (χ1) is 9.15. The van der Waals surface area contributed by atoms with Gasteiger partial charge >= 0.3 is 0 Å². The van der Waals surface area contributed by atoms with E-state index in [4.69, 9.17) is 0 Å². The normalized spacial score (nSPS) is 25.9. The number of piperidine rings is 1. The summed E-state index contributed by atoms with van der Waals surface area (Å²) in [5, 5.41) is 10.4. The minimum Gasteiger partial charge on any atom is -0.392 e. The molecule has 1 aliphatic carbocycles. The van der Waals surface area contributed by atoms with Crippen LogP contribution in [0.2, 0.25) is 0 Å². The van der Waals surface area contributed by atoms with Crippen LogP contribution in [0.1, 0.15) is 44.9 Å². The van der Waals surface area contributed by atoms with Crippen molar-refractivity contribution in [1.29, 1.82) is 0 Å². The van der Waals surface area contributed by atoms with Crippen LogP contribution in [-0.4, -0.2) is 61.3 Å². The minimum absolute atomic E-state index is 0.100. The van der Waals surface area contributed by atoms with Gasteiger partial charge in [0.25, 0.3) is 0 Å². The lowest BCUT2D eigenvalue weighted by Crippen LogP contribution is -2.40. The molecule has 0 aromatic heterocycles. The number of likely N-dealkylation sites (tertiary alicyclic amines) is 1. The zero-order valence-electron chi connectivity index (χ0n) is 12.9. The molecule has 0 radical (unpaired) electrons. The molecule has 0 aromatic carbocycles. The number of nitrogens with zero attached hydrogens (tertiary/aromatic N) is 2. The number of hydrogen-bond acceptors (Lipinski definition) is 3. The van der Waals surface area contributed by atoms with Crippen molar-refractivity contribution in [2.45, 2.75) is 51.0 Å². The third-order valence-corrected chi connectivity index (χ3v) is 5.10. The van der Waals surface area contributed by atoms with Crippen LogP contribution in [0, 0.1) is 11.8 Å². The summed E-state index contributed by atoms with van der Waals surface area (Å²) in [7, 11) is 4.40. The van der Waals surface area contributed by atoms with Gasteiger partial charge in [-0.1, -0.05) is 19.3 Å². The molecule has 1 aliphatic heterocycles. The number of hydrogen-bond donors (Lipinski definition) is 1. The summed E-state index contributed by atoms with van der Waals surface area (Å²) in [5.41, 5.74) is 0. The average Bonchev–Trinajstić information content (AvgIpc) is 2.42. The summed E-state index contributed by atoms with van der Waals surface area (Å²) in [4.78, 5) is 4.79. The van der Waals surface area contributed by atoms with E-state index in [9.17, 15) is 5.11 Å². The largest absolute Gasteiger partial charge is 0.392 e. The Hall–Kier alpha value is -0.120. The first-order valence-electron chi connectivity index (χ1n) is 8.20. The Bertz CT molecular complexity index is 245. The number of likely N-dealkylation sites (N-methyl/N-ethyl adjacent to an activating group) is 1. The van der Waals surface area contributed by atoms with Crippen molar-refractivity contribution in [2.75, 3.05) is 40.3 Å². The second kappa shape index (κ2) is 7.61. The van der Waals surface area contributed by atoms with E-state index in [1.165, 1.54) is 58.0 Å². The molecule has 1 heterocycles. The molecule has 2 aliphatic rings. The first-order valence-corrected chi connectivity index (χ1v) is 8.20. The van der Waals surface area contributed by atoms with Gasteiger partial charge in [-0.25, -0.2) is 0 Å². The van der Waals surface area contributed by atoms with Crippen LogP contribution in [0.15, 0.2) is 0 Å². The van der Waals surface area contributed by atoms with Gasteiger partial charge in [-0.3, -0.25) is 0 Å². The van der Waals surface area contributed by atoms with Crippen LogP contribution in [0.5, 0.6) is 0 Å². The lowest BCUT2D eigenvalue weighted by atomic mass is 9.85. The molecular weight excluding hydrogens is 236 g/mol. The summed E-state index contributed by atoms with van der Waals surface area (Å²) >= 11 is 0. The topological polar surface area (TPSA) is 26.7 Å². The molecule has 0 amide bonds. The highest BCUT2D eigenvalue weighted by Gasteiger charge is 2.24. The highest BCUT2D eigenvalue weighted by atomic mass is 16.3. The Morgan fingerprint density at radius 3 is 2.37 bits per heavy atom. The quantitative estimate of drug-likeness (QED) is 0.828. The van der Waals surface area contributed by atoms with Crippen LogP contribution in [0.4, 0.5) is 0 Å². The van der Waals surface area contributed by atoms with Gasteiger partial charge in [0.05, 0.1) is 6.10 Å². The van der Waals surface area contributed by atoms with Crippen LogP contribution >= 0.6 is 0 Å². The fourth-order valence-corrected chi connectivity index (χ4v) is 3.75. The Labute approximate surface area is 119 Å². The molecule has 1 unspecified atom stereocenters. The van der Waals surface area contributed by atoms with Gasteiger partial charge in [-0.15, -0.1) is 0 Å². The molecule has 2 fully saturated rings. The first kappa shape index (κ1) is 15.3. The summed E-state index contributed by atoms with van der Waals surface area (Å²) in [6.07, 6.45) is 9.03. The van der Waals surface area contributed by atoms with Crippen molar-refractivity contribution < 1.29 is 5.11 Å². The predicted octanol–water partition coefficient (Wildman–Crippen LogP) is 2.20. The summed E-state index contributed by atoms with van der Waals surface area (Å²) < 4.78 is 0. The lowest BCUT2D eigenvalue weighted by molar-refractivity contribution is 0.0474. The summed E-state index contributed by atoms with van der Waals surface area (Å²) in [6.45, 7) is 4.52. The van der Waals surface area contributed by atoms with Crippen molar-refractivity contribution in [2.24, 2.45) is 11.8 Å². The minimum atomic E-state index is -0.100. The van der Waals surface area contributed by atoms with Gasteiger partial charge < -0.3 is 14.9 Å². The number of aliphatic hydroxyl groups is 1. The van der Waals surface area contributed by atoms with Gasteiger partial charge in [0.15, 0.2) is 0 Å². The molecule has 112 valence electrons. The third-order valence-electron chi connectivity index (χ3n) is 5.10. The van der Waals surface area contributed by atoms with Crippen molar-refractivity contribution in [3.63, 3.8) is 0 Å². The van der Waals surface area contributed by atoms with E-state index in [1.54, 1.807) is 0 Å². The van der Waals surface area contributed by atoms with Crippen LogP contribution in [0.3, 0.4) is 0 Å². The molecule has 1 atom stereocenters. The zero-order chi connectivity index (χ0) is 13.7. The molecule has 0 spiro atoms. The van der Waals surface area contributed by atoms with Crippen molar-refractivity contribution in [3.8, 4) is 0 Å². The molecule has 1 saturated heterocycles. The third kappa shape index (κ3) is 5.05. The Morgan fingerprint density at radius 2 is 1.74 bits per heavy atom. The highest BCUT2D eigenvalue weighted by molar-refractivity contribution is 4.77. The van der Waals surface area contributed by atoms with Gasteiger partial charge in [-0.05, 0) is 64.7 Å². The van der Waals surface area contributed by atoms with E-state index in [0.717, 1.165) is 19.0 Å². The molecule has 0 bridgehead atoms. The van der Waals surface area contributed by atoms with Gasteiger partial charge in [0.2, 0.25) is 0 Å². The second-order valence-corrected chi connectivity index (χ2v) is 6.93. The zero-order valence-corrected chi connectivity index (χ0v) is 12.9. The Balaban J connectivity index is 1.66. The molecule has 1 saturated carbocycles. The maximum atomic E-state index is 10.4. The van der Waals surface area contributed by atoms with Crippen LogP contribution in [0.25, 0.3) is 0 Å². The smallest absolute Gasteiger partial charge is 0.0695 e. The lowest BCUT2D eigenvalue weighted by Gasteiger charge is -2.34. The van der Waals surface area contributed by atoms with E-state index >= 15 is 0 Å². The van der Waals surface area contributed by atoms with E-state index < -0.39 is 0 Å². The molecule has 1 N–H and O–H groups in total. The fourth-order valence-electron chi connectivity index (χ4n) is 3.75. The van der Waals surface area contributed by atoms with Crippen molar-refractivity contribution in [1.82, 2.24) is 9.80 Å². The molecule has 2 rings (SSSR count). The summed E-state index contributed by atoms with van der Waals surface area (Å²) in [6, 6.07) is 0. The summed E-state index contributed by atoms with van der Waals surface area (Å²) in [5.74, 6) is 1.40. The average molecular weight is 268 g/mol. The van der Waals surface area contributed by atoms with Crippen molar-refractivity contribution in [3.05, 3.63) is 0 Å². The predicted molar refractivity (Wildman–Crippen MR) is 80.3 cm³/mol.